The van der Waals surface area contributed by atoms with E-state index in [1.807, 2.05) is 0 Å². The SMILES string of the molecule is NCCCCCNCCC1CCC1. The van der Waals surface area contributed by atoms with Crippen LogP contribution in [0.1, 0.15) is 44.9 Å². The highest BCUT2D eigenvalue weighted by molar-refractivity contribution is 4.70. The summed E-state index contributed by atoms with van der Waals surface area (Å²) in [7, 11) is 0. The molecule has 0 aromatic heterocycles. The molecule has 13 heavy (non-hydrogen) atoms. The Balaban J connectivity index is 1.68. The molecule has 0 atom stereocenters. The van der Waals surface area contributed by atoms with Gasteiger partial charge in [-0.2, -0.15) is 0 Å². The Morgan fingerprint density at radius 1 is 1.08 bits per heavy atom. The summed E-state index contributed by atoms with van der Waals surface area (Å²) in [6.07, 6.45) is 9.60. The van der Waals surface area contributed by atoms with Crippen LogP contribution in [0.3, 0.4) is 0 Å². The van der Waals surface area contributed by atoms with Crippen molar-refractivity contribution in [3.05, 3.63) is 0 Å². The highest BCUT2D eigenvalue weighted by atomic mass is 14.8. The minimum Gasteiger partial charge on any atom is -0.330 e. The third-order valence-electron chi connectivity index (χ3n) is 3.01. The molecular formula is C11H24N2. The molecule has 1 aliphatic carbocycles. The number of unbranched alkanes of at least 4 members (excludes halogenated alkanes) is 2. The minimum absolute atomic E-state index is 0.849. The van der Waals surface area contributed by atoms with E-state index in [9.17, 15) is 0 Å². The van der Waals surface area contributed by atoms with Crippen LogP contribution in [-0.4, -0.2) is 19.6 Å². The molecule has 1 aliphatic rings. The molecule has 0 saturated heterocycles. The van der Waals surface area contributed by atoms with Gasteiger partial charge in [-0.1, -0.05) is 25.7 Å². The van der Waals surface area contributed by atoms with Crippen molar-refractivity contribution in [1.82, 2.24) is 5.32 Å². The second-order valence-corrected chi connectivity index (χ2v) is 4.18. The van der Waals surface area contributed by atoms with Crippen LogP contribution in [0.25, 0.3) is 0 Å². The van der Waals surface area contributed by atoms with E-state index in [2.05, 4.69) is 5.32 Å². The standard InChI is InChI=1S/C11H24N2/c12-8-2-1-3-9-13-10-7-11-5-4-6-11/h11,13H,1-10,12H2. The molecule has 3 N–H and O–H groups in total. The average molecular weight is 184 g/mol. The van der Waals surface area contributed by atoms with Crippen LogP contribution in [0.15, 0.2) is 0 Å². The number of nitrogens with two attached hydrogens (primary N) is 1. The van der Waals surface area contributed by atoms with Gasteiger partial charge < -0.3 is 11.1 Å². The van der Waals surface area contributed by atoms with Crippen molar-refractivity contribution < 1.29 is 0 Å². The van der Waals surface area contributed by atoms with E-state index in [-0.39, 0.29) is 0 Å². The second kappa shape index (κ2) is 7.34. The fourth-order valence-electron chi connectivity index (χ4n) is 1.78. The second-order valence-electron chi connectivity index (χ2n) is 4.18. The van der Waals surface area contributed by atoms with Crippen LogP contribution in [0.5, 0.6) is 0 Å². The number of hydrogen-bond acceptors (Lipinski definition) is 2. The first-order chi connectivity index (χ1) is 6.43. The third-order valence-corrected chi connectivity index (χ3v) is 3.01. The molecule has 0 aliphatic heterocycles. The maximum absolute atomic E-state index is 5.41. The lowest BCUT2D eigenvalue weighted by Crippen LogP contribution is -2.22. The van der Waals surface area contributed by atoms with Gasteiger partial charge >= 0.3 is 0 Å². The van der Waals surface area contributed by atoms with Crippen molar-refractivity contribution in [3.8, 4) is 0 Å². The molecule has 1 fully saturated rings. The van der Waals surface area contributed by atoms with Gasteiger partial charge in [-0.25, -0.2) is 0 Å². The van der Waals surface area contributed by atoms with Crippen molar-refractivity contribution in [2.24, 2.45) is 11.7 Å². The molecule has 0 spiro atoms. The smallest absolute Gasteiger partial charge is 0.00463 e. The summed E-state index contributed by atoms with van der Waals surface area (Å²) in [5, 5.41) is 3.50. The Labute approximate surface area is 82.3 Å². The van der Waals surface area contributed by atoms with E-state index in [4.69, 9.17) is 5.73 Å². The molecular weight excluding hydrogens is 160 g/mol. The Kier molecular flexibility index (Phi) is 6.21. The highest BCUT2D eigenvalue weighted by Gasteiger charge is 2.15. The average Bonchev–Trinajstić information content (AvgIpc) is 2.07. The van der Waals surface area contributed by atoms with Gasteiger partial charge in [0.1, 0.15) is 0 Å². The van der Waals surface area contributed by atoms with E-state index >= 15 is 0 Å². The fourth-order valence-corrected chi connectivity index (χ4v) is 1.78. The highest BCUT2D eigenvalue weighted by Crippen LogP contribution is 2.28. The number of rotatable bonds is 8. The molecule has 0 radical (unpaired) electrons. The summed E-state index contributed by atoms with van der Waals surface area (Å²) < 4.78 is 0. The van der Waals surface area contributed by atoms with Crippen molar-refractivity contribution >= 4 is 0 Å². The molecule has 0 heterocycles. The molecule has 0 aromatic rings. The quantitative estimate of drug-likeness (QED) is 0.565. The van der Waals surface area contributed by atoms with Crippen LogP contribution in [-0.2, 0) is 0 Å². The Morgan fingerprint density at radius 3 is 2.54 bits per heavy atom. The molecule has 0 aromatic carbocycles. The molecule has 2 heteroatoms. The van der Waals surface area contributed by atoms with Gasteiger partial charge in [-0.3, -0.25) is 0 Å². The van der Waals surface area contributed by atoms with E-state index in [0.29, 0.717) is 0 Å². The van der Waals surface area contributed by atoms with E-state index in [1.165, 1.54) is 58.0 Å². The molecule has 0 bridgehead atoms. The molecule has 0 unspecified atom stereocenters. The van der Waals surface area contributed by atoms with Gasteiger partial charge in [-0.05, 0) is 44.8 Å². The monoisotopic (exact) mass is 184 g/mol. The Bertz CT molecular complexity index is 111. The van der Waals surface area contributed by atoms with Crippen LogP contribution in [0, 0.1) is 5.92 Å². The van der Waals surface area contributed by atoms with E-state index in [1.54, 1.807) is 0 Å². The summed E-state index contributed by atoms with van der Waals surface area (Å²) in [5.41, 5.74) is 5.41. The lowest BCUT2D eigenvalue weighted by Gasteiger charge is -2.25. The Hall–Kier alpha value is -0.0800. The van der Waals surface area contributed by atoms with Gasteiger partial charge in [0, 0.05) is 0 Å². The summed E-state index contributed by atoms with van der Waals surface area (Å²) in [6, 6.07) is 0. The van der Waals surface area contributed by atoms with Crippen LogP contribution in [0.4, 0.5) is 0 Å². The van der Waals surface area contributed by atoms with Crippen molar-refractivity contribution in [2.75, 3.05) is 19.6 Å². The summed E-state index contributed by atoms with van der Waals surface area (Å²) in [6.45, 7) is 3.27. The molecule has 1 rings (SSSR count). The van der Waals surface area contributed by atoms with Gasteiger partial charge in [-0.15, -0.1) is 0 Å². The molecule has 1 saturated carbocycles. The third kappa shape index (κ3) is 5.27. The predicted molar refractivity (Wildman–Crippen MR) is 57.7 cm³/mol. The van der Waals surface area contributed by atoms with Gasteiger partial charge in [0.2, 0.25) is 0 Å². The van der Waals surface area contributed by atoms with E-state index < -0.39 is 0 Å². The fraction of sp³-hybridized carbons (Fsp3) is 1.00. The summed E-state index contributed by atoms with van der Waals surface area (Å²) in [5.74, 6) is 1.05. The van der Waals surface area contributed by atoms with Gasteiger partial charge in [0.15, 0.2) is 0 Å². The Morgan fingerprint density at radius 2 is 1.92 bits per heavy atom. The zero-order chi connectivity index (χ0) is 9.36. The maximum Gasteiger partial charge on any atom is -0.00463 e. The molecule has 2 nitrogen and oxygen atoms in total. The first-order valence-electron chi connectivity index (χ1n) is 5.84. The largest absolute Gasteiger partial charge is 0.330 e. The predicted octanol–water partition coefficient (Wildman–Crippen LogP) is 1.90. The van der Waals surface area contributed by atoms with Crippen molar-refractivity contribution in [3.63, 3.8) is 0 Å². The zero-order valence-corrected chi connectivity index (χ0v) is 8.73. The zero-order valence-electron chi connectivity index (χ0n) is 8.73. The molecule has 0 amide bonds. The normalized spacial score (nSPS) is 17.3. The number of nitrogens with one attached hydrogen (secondary N) is 1. The van der Waals surface area contributed by atoms with E-state index in [0.717, 1.165) is 12.5 Å². The van der Waals surface area contributed by atoms with Crippen molar-refractivity contribution in [2.45, 2.75) is 44.9 Å². The van der Waals surface area contributed by atoms with Gasteiger partial charge in [0.05, 0.1) is 0 Å². The first-order valence-corrected chi connectivity index (χ1v) is 5.84. The van der Waals surface area contributed by atoms with Crippen LogP contribution < -0.4 is 11.1 Å². The number of hydrogen-bond donors (Lipinski definition) is 2. The summed E-state index contributed by atoms with van der Waals surface area (Å²) >= 11 is 0. The lowest BCUT2D eigenvalue weighted by molar-refractivity contribution is 0.292. The van der Waals surface area contributed by atoms with Gasteiger partial charge in [0.25, 0.3) is 0 Å². The first kappa shape index (κ1) is 11.0. The topological polar surface area (TPSA) is 38.0 Å². The van der Waals surface area contributed by atoms with Crippen LogP contribution >= 0.6 is 0 Å². The van der Waals surface area contributed by atoms with Crippen molar-refractivity contribution in [1.29, 1.82) is 0 Å². The lowest BCUT2D eigenvalue weighted by atomic mass is 9.83. The minimum atomic E-state index is 0.849. The summed E-state index contributed by atoms with van der Waals surface area (Å²) in [4.78, 5) is 0. The van der Waals surface area contributed by atoms with Crippen LogP contribution in [0.2, 0.25) is 0 Å². The maximum atomic E-state index is 5.41. The molecule has 78 valence electrons.